The number of ether oxygens (including phenoxy) is 1. The summed E-state index contributed by atoms with van der Waals surface area (Å²) in [4.78, 5) is 38.0. The zero-order valence-electron chi connectivity index (χ0n) is 16.3. The topological polar surface area (TPSA) is 87.7 Å². The summed E-state index contributed by atoms with van der Waals surface area (Å²) < 4.78 is 6.44. The van der Waals surface area contributed by atoms with Gasteiger partial charge in [-0.05, 0) is 48.5 Å². The van der Waals surface area contributed by atoms with Crippen molar-refractivity contribution in [2.45, 2.75) is 6.42 Å². The minimum Gasteiger partial charge on any atom is -0.484 e. The van der Waals surface area contributed by atoms with Crippen LogP contribution in [0.15, 0.2) is 65.7 Å². The molecule has 0 spiro atoms. The Morgan fingerprint density at radius 2 is 1.87 bits per heavy atom. The van der Waals surface area contributed by atoms with E-state index in [9.17, 15) is 14.4 Å². The van der Waals surface area contributed by atoms with Crippen LogP contribution in [0.1, 0.15) is 6.42 Å². The second-order valence-corrected chi connectivity index (χ2v) is 7.69. The smallest absolute Gasteiger partial charge is 0.262 e. The van der Waals surface area contributed by atoms with Gasteiger partial charge in [0.25, 0.3) is 5.91 Å². The van der Waals surface area contributed by atoms with E-state index in [-0.39, 0.29) is 36.7 Å². The van der Waals surface area contributed by atoms with Gasteiger partial charge < -0.3 is 20.3 Å². The molecule has 1 fully saturated rings. The number of amides is 3. The fraction of sp³-hybridized carbons (Fsp3) is 0.227. The molecule has 2 aromatic rings. The number of carbonyl (C=O) groups is 3. The van der Waals surface area contributed by atoms with Gasteiger partial charge in [-0.3, -0.25) is 14.4 Å². The minimum absolute atomic E-state index is 0.101. The fourth-order valence-electron chi connectivity index (χ4n) is 3.05. The highest BCUT2D eigenvalue weighted by Gasteiger charge is 2.34. The predicted molar refractivity (Wildman–Crippen MR) is 118 cm³/mol. The Balaban J connectivity index is 1.51. The molecule has 8 heteroatoms. The maximum Gasteiger partial charge on any atom is 0.262 e. The van der Waals surface area contributed by atoms with E-state index in [4.69, 9.17) is 4.74 Å². The Morgan fingerprint density at radius 1 is 1.17 bits per heavy atom. The first kappa shape index (κ1) is 21.6. The zero-order valence-corrected chi connectivity index (χ0v) is 17.9. The predicted octanol–water partition coefficient (Wildman–Crippen LogP) is 3.12. The van der Waals surface area contributed by atoms with Crippen molar-refractivity contribution in [3.8, 4) is 5.75 Å². The lowest BCUT2D eigenvalue weighted by Gasteiger charge is -2.17. The highest BCUT2D eigenvalue weighted by molar-refractivity contribution is 9.10. The van der Waals surface area contributed by atoms with E-state index in [1.165, 1.54) is 0 Å². The Labute approximate surface area is 183 Å². The average molecular weight is 472 g/mol. The molecule has 156 valence electrons. The second kappa shape index (κ2) is 10.1. The lowest BCUT2D eigenvalue weighted by atomic mass is 10.1. The van der Waals surface area contributed by atoms with Crippen molar-refractivity contribution >= 4 is 45.0 Å². The molecule has 1 heterocycles. The number of carbonyl (C=O) groups excluding carboxylic acids is 3. The molecule has 1 aliphatic rings. The van der Waals surface area contributed by atoms with Gasteiger partial charge in [0.1, 0.15) is 5.75 Å². The van der Waals surface area contributed by atoms with Crippen LogP contribution in [0.2, 0.25) is 0 Å². The molecule has 0 saturated carbocycles. The van der Waals surface area contributed by atoms with Crippen molar-refractivity contribution in [3.63, 3.8) is 0 Å². The fourth-order valence-corrected chi connectivity index (χ4v) is 3.32. The maximum atomic E-state index is 12.3. The van der Waals surface area contributed by atoms with Crippen LogP contribution >= 0.6 is 15.9 Å². The third kappa shape index (κ3) is 5.70. The Hall–Kier alpha value is -3.13. The van der Waals surface area contributed by atoms with Crippen LogP contribution in [-0.2, 0) is 14.4 Å². The SMILES string of the molecule is C=CCNC(=O)[C@@H]1CC(=O)N(c2ccc(OCC(=O)Nc3ccc(Br)cc3)cc2)C1. The third-order valence-electron chi connectivity index (χ3n) is 4.56. The van der Waals surface area contributed by atoms with Gasteiger partial charge in [0.2, 0.25) is 11.8 Å². The van der Waals surface area contributed by atoms with Gasteiger partial charge >= 0.3 is 0 Å². The average Bonchev–Trinajstić information content (AvgIpc) is 3.14. The van der Waals surface area contributed by atoms with Crippen LogP contribution < -0.4 is 20.3 Å². The molecule has 30 heavy (non-hydrogen) atoms. The summed E-state index contributed by atoms with van der Waals surface area (Å²) in [6.45, 7) is 4.14. The Bertz CT molecular complexity index is 928. The van der Waals surface area contributed by atoms with E-state index < -0.39 is 0 Å². The second-order valence-electron chi connectivity index (χ2n) is 6.78. The molecular weight excluding hydrogens is 450 g/mol. The lowest BCUT2D eigenvalue weighted by molar-refractivity contribution is -0.126. The summed E-state index contributed by atoms with van der Waals surface area (Å²) in [6.07, 6.45) is 1.78. The van der Waals surface area contributed by atoms with Gasteiger partial charge in [0, 0.05) is 35.4 Å². The number of hydrogen-bond acceptors (Lipinski definition) is 4. The summed E-state index contributed by atoms with van der Waals surface area (Å²) in [5.41, 5.74) is 1.37. The van der Waals surface area contributed by atoms with Crippen LogP contribution in [0.4, 0.5) is 11.4 Å². The monoisotopic (exact) mass is 471 g/mol. The standard InChI is InChI=1S/C22H22BrN3O4/c1-2-11-24-22(29)15-12-21(28)26(13-15)18-7-9-19(10-8-18)30-14-20(27)25-17-5-3-16(23)4-6-17/h2-10,15H,1,11-14H2,(H,24,29)(H,25,27)/t15-/m1/s1. The largest absolute Gasteiger partial charge is 0.484 e. The molecule has 2 N–H and O–H groups in total. The van der Waals surface area contributed by atoms with Gasteiger partial charge in [0.05, 0.1) is 5.92 Å². The number of anilines is 2. The van der Waals surface area contributed by atoms with Gasteiger partial charge in [-0.2, -0.15) is 0 Å². The van der Waals surface area contributed by atoms with Gasteiger partial charge in [-0.25, -0.2) is 0 Å². The van der Waals surface area contributed by atoms with Crippen molar-refractivity contribution in [2.75, 3.05) is 29.9 Å². The molecule has 7 nitrogen and oxygen atoms in total. The van der Waals surface area contributed by atoms with E-state index >= 15 is 0 Å². The summed E-state index contributed by atoms with van der Waals surface area (Å²) in [7, 11) is 0. The number of hydrogen-bond donors (Lipinski definition) is 2. The van der Waals surface area contributed by atoms with Crippen LogP contribution in [0.3, 0.4) is 0 Å². The molecule has 3 rings (SSSR count). The lowest BCUT2D eigenvalue weighted by Crippen LogP contribution is -2.32. The molecule has 1 aliphatic heterocycles. The van der Waals surface area contributed by atoms with Crippen molar-refractivity contribution in [2.24, 2.45) is 5.92 Å². The molecule has 0 bridgehead atoms. The molecule has 3 amide bonds. The normalized spacial score (nSPS) is 15.6. The number of benzene rings is 2. The highest BCUT2D eigenvalue weighted by atomic mass is 79.9. The molecule has 0 aromatic heterocycles. The van der Waals surface area contributed by atoms with E-state index in [2.05, 4.69) is 33.1 Å². The first-order valence-corrected chi connectivity index (χ1v) is 10.2. The van der Waals surface area contributed by atoms with Gasteiger partial charge in [-0.15, -0.1) is 6.58 Å². The van der Waals surface area contributed by atoms with Crippen LogP contribution in [-0.4, -0.2) is 37.4 Å². The van der Waals surface area contributed by atoms with Crippen molar-refractivity contribution < 1.29 is 19.1 Å². The van der Waals surface area contributed by atoms with Crippen molar-refractivity contribution in [3.05, 3.63) is 65.7 Å². The Kier molecular flexibility index (Phi) is 7.24. The van der Waals surface area contributed by atoms with Crippen LogP contribution in [0.25, 0.3) is 0 Å². The summed E-state index contributed by atoms with van der Waals surface area (Å²) >= 11 is 3.34. The van der Waals surface area contributed by atoms with E-state index in [0.717, 1.165) is 4.47 Å². The number of nitrogens with one attached hydrogen (secondary N) is 2. The zero-order chi connectivity index (χ0) is 21.5. The summed E-state index contributed by atoms with van der Waals surface area (Å²) in [5, 5.41) is 5.48. The molecule has 1 atom stereocenters. The first-order chi connectivity index (χ1) is 14.5. The molecule has 0 aliphatic carbocycles. The van der Waals surface area contributed by atoms with Crippen molar-refractivity contribution in [1.29, 1.82) is 0 Å². The van der Waals surface area contributed by atoms with Gasteiger partial charge in [-0.1, -0.05) is 22.0 Å². The summed E-state index contributed by atoms with van der Waals surface area (Å²) in [6, 6.07) is 14.1. The first-order valence-electron chi connectivity index (χ1n) is 9.43. The molecule has 0 radical (unpaired) electrons. The van der Waals surface area contributed by atoms with Crippen LogP contribution in [0.5, 0.6) is 5.75 Å². The minimum atomic E-state index is -0.379. The number of rotatable bonds is 8. The van der Waals surface area contributed by atoms with E-state index in [1.807, 2.05) is 12.1 Å². The molecule has 0 unspecified atom stereocenters. The molecule has 1 saturated heterocycles. The molecular formula is C22H22BrN3O4. The van der Waals surface area contributed by atoms with Crippen LogP contribution in [0, 0.1) is 5.92 Å². The van der Waals surface area contributed by atoms with Gasteiger partial charge in [0.15, 0.2) is 6.61 Å². The van der Waals surface area contributed by atoms with E-state index in [1.54, 1.807) is 47.4 Å². The summed E-state index contributed by atoms with van der Waals surface area (Å²) in [5.74, 6) is -0.393. The number of nitrogens with zero attached hydrogens (tertiary/aromatic N) is 1. The highest BCUT2D eigenvalue weighted by Crippen LogP contribution is 2.27. The number of halogens is 1. The van der Waals surface area contributed by atoms with Crippen molar-refractivity contribution in [1.82, 2.24) is 5.32 Å². The molecule has 2 aromatic carbocycles. The van der Waals surface area contributed by atoms with E-state index in [0.29, 0.717) is 30.2 Å². The quantitative estimate of drug-likeness (QED) is 0.578. The third-order valence-corrected chi connectivity index (χ3v) is 5.09. The Morgan fingerprint density at radius 3 is 2.53 bits per heavy atom. The maximum absolute atomic E-state index is 12.3.